The molecule has 5 heteroatoms. The zero-order valence-corrected chi connectivity index (χ0v) is 21.1. The molecule has 0 aromatic carbocycles. The summed E-state index contributed by atoms with van der Waals surface area (Å²) in [5, 5.41) is 20.2. The van der Waals surface area contributed by atoms with Crippen LogP contribution in [0.3, 0.4) is 0 Å². The van der Waals surface area contributed by atoms with E-state index < -0.39 is 12.2 Å². The lowest BCUT2D eigenvalue weighted by atomic mass is 9.63. The predicted molar refractivity (Wildman–Crippen MR) is 133 cm³/mol. The van der Waals surface area contributed by atoms with Crippen LogP contribution < -0.4 is 0 Å². The zero-order chi connectivity index (χ0) is 24.5. The minimum absolute atomic E-state index is 0.00357. The van der Waals surface area contributed by atoms with Crippen LogP contribution in [-0.4, -0.2) is 46.7 Å². The lowest BCUT2D eigenvalue weighted by Gasteiger charge is -2.42. The molecule has 0 radical (unpaired) electrons. The molecule has 3 saturated carbocycles. The summed E-state index contributed by atoms with van der Waals surface area (Å²) in [4.78, 5) is 12.4. The number of fused-ring (bicyclic) bond motifs is 1. The fourth-order valence-electron chi connectivity index (χ4n) is 6.76. The number of hydrogen-bond acceptors (Lipinski definition) is 5. The van der Waals surface area contributed by atoms with E-state index in [0.29, 0.717) is 18.8 Å². The highest BCUT2D eigenvalue weighted by Crippen LogP contribution is 2.55. The topological polar surface area (TPSA) is 76.0 Å². The number of aliphatic hydroxyl groups excluding tert-OH is 2. The van der Waals surface area contributed by atoms with E-state index in [1.54, 1.807) is 0 Å². The Kier molecular flexibility index (Phi) is 7.56. The van der Waals surface area contributed by atoms with E-state index in [1.807, 2.05) is 6.92 Å². The summed E-state index contributed by atoms with van der Waals surface area (Å²) in [6.45, 7) is 10.5. The van der Waals surface area contributed by atoms with E-state index in [2.05, 4.69) is 38.7 Å². The summed E-state index contributed by atoms with van der Waals surface area (Å²) in [6, 6.07) is 0. The van der Waals surface area contributed by atoms with Gasteiger partial charge in [-0.2, -0.15) is 0 Å². The Morgan fingerprint density at radius 1 is 1.21 bits per heavy atom. The fourth-order valence-corrected chi connectivity index (χ4v) is 6.76. The van der Waals surface area contributed by atoms with Gasteiger partial charge in [0.1, 0.15) is 12.2 Å². The Balaban J connectivity index is 1.39. The summed E-state index contributed by atoms with van der Waals surface area (Å²) in [6.07, 6.45) is 14.6. The van der Waals surface area contributed by atoms with E-state index in [9.17, 15) is 15.0 Å². The summed E-state index contributed by atoms with van der Waals surface area (Å²) < 4.78 is 11.8. The van der Waals surface area contributed by atoms with Crippen molar-refractivity contribution in [2.45, 2.75) is 109 Å². The SMILES string of the molecule is C=C1/C(=C\C=C2/CCC[C@]3(C)C(C(C)OCC(=O)OC4(C)CCCC4)=CC[C@@H]23)C[C@@H](O)C[C@@H]1O. The Bertz CT molecular complexity index is 890. The summed E-state index contributed by atoms with van der Waals surface area (Å²) in [5.74, 6) is 0.152. The van der Waals surface area contributed by atoms with Gasteiger partial charge in [-0.15, -0.1) is 0 Å². The standard InChI is InChI=1S/C29H42O5/c1-19-22(16-23(30)17-26(19)31)10-9-21-8-7-15-29(4)24(11-12-25(21)29)20(2)33-18-27(32)34-28(3)13-5-6-14-28/h9-11,20,23,25-26,30-31H,1,5-8,12-18H2,2-4H3/b21-9+,22-10-/t20?,23-,25+,26+,29-/m1/s1. The van der Waals surface area contributed by atoms with Crippen LogP contribution in [0.4, 0.5) is 0 Å². The first-order chi connectivity index (χ1) is 16.1. The molecule has 5 atom stereocenters. The summed E-state index contributed by atoms with van der Waals surface area (Å²) in [5.41, 5.74) is 4.08. The monoisotopic (exact) mass is 470 g/mol. The lowest BCUT2D eigenvalue weighted by molar-refractivity contribution is -0.164. The van der Waals surface area contributed by atoms with Crippen molar-refractivity contribution in [2.75, 3.05) is 6.61 Å². The van der Waals surface area contributed by atoms with Crippen molar-refractivity contribution in [3.05, 3.63) is 47.1 Å². The maximum Gasteiger partial charge on any atom is 0.332 e. The molecule has 5 nitrogen and oxygen atoms in total. The smallest absolute Gasteiger partial charge is 0.332 e. The maximum absolute atomic E-state index is 12.4. The van der Waals surface area contributed by atoms with Gasteiger partial charge in [0.25, 0.3) is 0 Å². The Morgan fingerprint density at radius 3 is 2.68 bits per heavy atom. The molecule has 34 heavy (non-hydrogen) atoms. The number of ether oxygens (including phenoxy) is 2. The molecular weight excluding hydrogens is 428 g/mol. The molecule has 0 aliphatic heterocycles. The normalized spacial score (nSPS) is 36.4. The Morgan fingerprint density at radius 2 is 1.94 bits per heavy atom. The molecule has 1 unspecified atom stereocenters. The van der Waals surface area contributed by atoms with Crippen LogP contribution in [0.25, 0.3) is 0 Å². The highest BCUT2D eigenvalue weighted by molar-refractivity contribution is 5.71. The van der Waals surface area contributed by atoms with Crippen molar-refractivity contribution in [1.29, 1.82) is 0 Å². The lowest BCUT2D eigenvalue weighted by Crippen LogP contribution is -2.36. The van der Waals surface area contributed by atoms with Crippen LogP contribution in [0.15, 0.2) is 47.1 Å². The Labute approximate surface area is 204 Å². The largest absolute Gasteiger partial charge is 0.458 e. The average Bonchev–Trinajstić information content (AvgIpc) is 3.36. The molecule has 2 N–H and O–H groups in total. The third kappa shape index (κ3) is 5.27. The molecular formula is C29H42O5. The number of esters is 1. The van der Waals surface area contributed by atoms with Crippen LogP contribution in [0.1, 0.15) is 85.0 Å². The van der Waals surface area contributed by atoms with Crippen LogP contribution in [-0.2, 0) is 14.3 Å². The van der Waals surface area contributed by atoms with Crippen molar-refractivity contribution >= 4 is 5.97 Å². The predicted octanol–water partition coefficient (Wildman–Crippen LogP) is 5.33. The number of aliphatic hydroxyl groups is 2. The van der Waals surface area contributed by atoms with Crippen molar-refractivity contribution in [1.82, 2.24) is 0 Å². The van der Waals surface area contributed by atoms with Crippen LogP contribution in [0.2, 0.25) is 0 Å². The number of hydrogen-bond donors (Lipinski definition) is 2. The minimum Gasteiger partial charge on any atom is -0.458 e. The second kappa shape index (κ2) is 10.1. The third-order valence-electron chi connectivity index (χ3n) is 8.79. The van der Waals surface area contributed by atoms with Crippen molar-refractivity contribution in [3.8, 4) is 0 Å². The van der Waals surface area contributed by atoms with Crippen molar-refractivity contribution < 1.29 is 24.5 Å². The molecule has 0 spiro atoms. The third-order valence-corrected chi connectivity index (χ3v) is 8.79. The van der Waals surface area contributed by atoms with Gasteiger partial charge >= 0.3 is 5.97 Å². The van der Waals surface area contributed by atoms with Gasteiger partial charge < -0.3 is 19.7 Å². The van der Waals surface area contributed by atoms with E-state index in [1.165, 1.54) is 11.1 Å². The average molecular weight is 471 g/mol. The van der Waals surface area contributed by atoms with E-state index >= 15 is 0 Å². The highest BCUT2D eigenvalue weighted by Gasteiger charge is 2.46. The molecule has 4 rings (SSSR count). The Hall–Kier alpha value is -1.69. The van der Waals surface area contributed by atoms with Gasteiger partial charge in [0, 0.05) is 6.42 Å². The van der Waals surface area contributed by atoms with Crippen molar-refractivity contribution in [2.24, 2.45) is 11.3 Å². The van der Waals surface area contributed by atoms with Crippen molar-refractivity contribution in [3.63, 3.8) is 0 Å². The molecule has 0 aromatic heterocycles. The summed E-state index contributed by atoms with van der Waals surface area (Å²) in [7, 11) is 0. The zero-order valence-electron chi connectivity index (χ0n) is 21.1. The molecule has 188 valence electrons. The van der Waals surface area contributed by atoms with Crippen LogP contribution in [0.5, 0.6) is 0 Å². The molecule has 4 aliphatic carbocycles. The van der Waals surface area contributed by atoms with E-state index in [-0.39, 0.29) is 29.7 Å². The van der Waals surface area contributed by atoms with Gasteiger partial charge in [0.15, 0.2) is 0 Å². The summed E-state index contributed by atoms with van der Waals surface area (Å²) >= 11 is 0. The second-order valence-corrected chi connectivity index (χ2v) is 11.4. The van der Waals surface area contributed by atoms with Gasteiger partial charge in [-0.3, -0.25) is 0 Å². The minimum atomic E-state index is -0.661. The molecule has 0 aromatic rings. The van der Waals surface area contributed by atoms with E-state index in [4.69, 9.17) is 9.47 Å². The number of carbonyl (C=O) groups excluding carboxylic acids is 1. The fraction of sp³-hybridized carbons (Fsp3) is 0.690. The van der Waals surface area contributed by atoms with Gasteiger partial charge in [-0.05, 0) is 99.7 Å². The molecule has 0 bridgehead atoms. The highest BCUT2D eigenvalue weighted by atomic mass is 16.6. The van der Waals surface area contributed by atoms with Crippen LogP contribution in [0, 0.1) is 11.3 Å². The van der Waals surface area contributed by atoms with Gasteiger partial charge in [-0.1, -0.05) is 37.3 Å². The van der Waals surface area contributed by atoms with E-state index in [0.717, 1.165) is 62.5 Å². The van der Waals surface area contributed by atoms with Gasteiger partial charge in [0.2, 0.25) is 0 Å². The number of rotatable bonds is 6. The number of carbonyl (C=O) groups is 1. The first kappa shape index (κ1) is 25.4. The number of allylic oxidation sites excluding steroid dienone is 4. The van der Waals surface area contributed by atoms with Crippen LogP contribution >= 0.6 is 0 Å². The van der Waals surface area contributed by atoms with Gasteiger partial charge in [-0.25, -0.2) is 4.79 Å². The molecule has 0 heterocycles. The first-order valence-electron chi connectivity index (χ1n) is 13.1. The molecule has 0 amide bonds. The quantitative estimate of drug-likeness (QED) is 0.405. The molecule has 4 aliphatic rings. The molecule has 0 saturated heterocycles. The maximum atomic E-state index is 12.4. The first-order valence-corrected chi connectivity index (χ1v) is 13.1. The molecule has 3 fully saturated rings. The second-order valence-electron chi connectivity index (χ2n) is 11.4. The van der Waals surface area contributed by atoms with Gasteiger partial charge in [0.05, 0.1) is 18.3 Å².